The number of hydrogen-bond donors (Lipinski definition) is 2. The molecule has 0 unspecified atom stereocenters. The van der Waals surface area contributed by atoms with E-state index in [0.29, 0.717) is 24.1 Å². The second-order valence-electron chi connectivity index (χ2n) is 7.39. The lowest BCUT2D eigenvalue weighted by Gasteiger charge is -2.23. The van der Waals surface area contributed by atoms with Gasteiger partial charge in [-0.25, -0.2) is 0 Å². The highest BCUT2D eigenvalue weighted by Crippen LogP contribution is 2.20. The number of amides is 2. The van der Waals surface area contributed by atoms with Crippen molar-refractivity contribution >= 4 is 17.5 Å². The van der Waals surface area contributed by atoms with E-state index >= 15 is 0 Å². The number of benzene rings is 2. The summed E-state index contributed by atoms with van der Waals surface area (Å²) >= 11 is 0. The van der Waals surface area contributed by atoms with E-state index in [4.69, 9.17) is 0 Å². The van der Waals surface area contributed by atoms with E-state index in [2.05, 4.69) is 22.8 Å². The lowest BCUT2D eigenvalue weighted by Crippen LogP contribution is -2.36. The van der Waals surface area contributed by atoms with Gasteiger partial charge in [0.05, 0.1) is 11.3 Å². The van der Waals surface area contributed by atoms with Crippen LogP contribution in [0.5, 0.6) is 0 Å². The summed E-state index contributed by atoms with van der Waals surface area (Å²) in [5.41, 5.74) is 3.46. The highest BCUT2D eigenvalue weighted by molar-refractivity contribution is 6.03. The minimum atomic E-state index is -0.101. The molecule has 2 aromatic carbocycles. The average molecular weight is 364 g/mol. The van der Waals surface area contributed by atoms with Crippen molar-refractivity contribution in [2.24, 2.45) is 0 Å². The molecular weight excluding hydrogens is 336 g/mol. The van der Waals surface area contributed by atoms with Crippen LogP contribution >= 0.6 is 0 Å². The van der Waals surface area contributed by atoms with E-state index in [9.17, 15) is 9.59 Å². The number of nitrogens with one attached hydrogen (secondary N) is 2. The van der Waals surface area contributed by atoms with E-state index in [-0.39, 0.29) is 17.9 Å². The van der Waals surface area contributed by atoms with Crippen LogP contribution in [-0.2, 0) is 11.2 Å². The Morgan fingerprint density at radius 1 is 0.963 bits per heavy atom. The average Bonchev–Trinajstić information content (AvgIpc) is 2.69. The monoisotopic (exact) mass is 364 g/mol. The van der Waals surface area contributed by atoms with Crippen molar-refractivity contribution in [3.05, 3.63) is 65.2 Å². The Bertz CT molecular complexity index is 777. The SMILES string of the molecule is Cc1ccc(CCC(=O)Nc2ccccc2C(=O)NC2CCCCC2)cc1. The van der Waals surface area contributed by atoms with Crippen molar-refractivity contribution < 1.29 is 9.59 Å². The summed E-state index contributed by atoms with van der Waals surface area (Å²) < 4.78 is 0. The molecular formula is C23H28N2O2. The lowest BCUT2D eigenvalue weighted by atomic mass is 9.95. The van der Waals surface area contributed by atoms with Gasteiger partial charge in [-0.2, -0.15) is 0 Å². The minimum Gasteiger partial charge on any atom is -0.349 e. The first-order valence-electron chi connectivity index (χ1n) is 9.87. The fraction of sp³-hybridized carbons (Fsp3) is 0.391. The largest absolute Gasteiger partial charge is 0.349 e. The third-order valence-electron chi connectivity index (χ3n) is 5.15. The quantitative estimate of drug-likeness (QED) is 0.785. The topological polar surface area (TPSA) is 58.2 Å². The first kappa shape index (κ1) is 19.2. The molecule has 142 valence electrons. The maximum Gasteiger partial charge on any atom is 0.253 e. The molecule has 0 radical (unpaired) electrons. The van der Waals surface area contributed by atoms with Crippen LogP contribution in [0.4, 0.5) is 5.69 Å². The van der Waals surface area contributed by atoms with Gasteiger partial charge in [-0.1, -0.05) is 61.2 Å². The van der Waals surface area contributed by atoms with Gasteiger partial charge in [-0.3, -0.25) is 9.59 Å². The molecule has 3 rings (SSSR count). The maximum atomic E-state index is 12.7. The molecule has 0 aromatic heterocycles. The maximum absolute atomic E-state index is 12.7. The zero-order valence-corrected chi connectivity index (χ0v) is 16.0. The molecule has 1 saturated carbocycles. The summed E-state index contributed by atoms with van der Waals surface area (Å²) in [6, 6.07) is 15.7. The molecule has 0 saturated heterocycles. The van der Waals surface area contributed by atoms with Crippen LogP contribution in [0.25, 0.3) is 0 Å². The van der Waals surface area contributed by atoms with Gasteiger partial charge < -0.3 is 10.6 Å². The van der Waals surface area contributed by atoms with Crippen LogP contribution in [0.1, 0.15) is 60.0 Å². The van der Waals surface area contributed by atoms with Gasteiger partial charge in [0.25, 0.3) is 5.91 Å². The fourth-order valence-corrected chi connectivity index (χ4v) is 3.53. The number of anilines is 1. The van der Waals surface area contributed by atoms with E-state index in [1.807, 2.05) is 31.2 Å². The molecule has 1 aliphatic carbocycles. The Balaban J connectivity index is 1.58. The van der Waals surface area contributed by atoms with Crippen LogP contribution < -0.4 is 10.6 Å². The Kier molecular flexibility index (Phi) is 6.64. The summed E-state index contributed by atoms with van der Waals surface area (Å²) in [6.07, 6.45) is 6.74. The Morgan fingerprint density at radius 2 is 1.67 bits per heavy atom. The fourth-order valence-electron chi connectivity index (χ4n) is 3.53. The second kappa shape index (κ2) is 9.36. The van der Waals surface area contributed by atoms with Gasteiger partial charge in [0.1, 0.15) is 0 Å². The van der Waals surface area contributed by atoms with Gasteiger partial charge in [-0.05, 0) is 43.9 Å². The molecule has 27 heavy (non-hydrogen) atoms. The zero-order chi connectivity index (χ0) is 19.1. The molecule has 0 bridgehead atoms. The second-order valence-corrected chi connectivity index (χ2v) is 7.39. The Morgan fingerprint density at radius 3 is 2.41 bits per heavy atom. The molecule has 2 amide bonds. The summed E-state index contributed by atoms with van der Waals surface area (Å²) in [4.78, 5) is 25.0. The van der Waals surface area contributed by atoms with Gasteiger partial charge in [0, 0.05) is 12.5 Å². The van der Waals surface area contributed by atoms with E-state index in [1.165, 1.54) is 24.8 Å². The molecule has 1 aliphatic rings. The number of hydrogen-bond acceptors (Lipinski definition) is 2. The molecule has 1 fully saturated rings. The zero-order valence-electron chi connectivity index (χ0n) is 16.0. The summed E-state index contributed by atoms with van der Waals surface area (Å²) in [7, 11) is 0. The number of carbonyl (C=O) groups is 2. The highest BCUT2D eigenvalue weighted by atomic mass is 16.2. The number of rotatable bonds is 6. The van der Waals surface area contributed by atoms with Gasteiger partial charge >= 0.3 is 0 Å². The van der Waals surface area contributed by atoms with Crippen molar-refractivity contribution in [3.63, 3.8) is 0 Å². The van der Waals surface area contributed by atoms with Gasteiger partial charge in [-0.15, -0.1) is 0 Å². The van der Waals surface area contributed by atoms with Crippen molar-refractivity contribution in [1.82, 2.24) is 5.32 Å². The summed E-state index contributed by atoms with van der Waals surface area (Å²) in [6.45, 7) is 2.05. The van der Waals surface area contributed by atoms with Crippen LogP contribution in [0.15, 0.2) is 48.5 Å². The van der Waals surface area contributed by atoms with E-state index in [0.717, 1.165) is 18.4 Å². The summed E-state index contributed by atoms with van der Waals surface area (Å²) in [5, 5.41) is 6.03. The predicted octanol–water partition coefficient (Wildman–Crippen LogP) is 4.63. The van der Waals surface area contributed by atoms with Crippen LogP contribution in [0.3, 0.4) is 0 Å². The van der Waals surface area contributed by atoms with Crippen molar-refractivity contribution in [2.45, 2.75) is 57.9 Å². The Hall–Kier alpha value is -2.62. The molecule has 4 nitrogen and oxygen atoms in total. The lowest BCUT2D eigenvalue weighted by molar-refractivity contribution is -0.116. The molecule has 2 aromatic rings. The normalized spacial score (nSPS) is 14.6. The standard InChI is InChI=1S/C23H28N2O2/c1-17-11-13-18(14-12-17)15-16-22(26)25-21-10-6-5-9-20(21)23(27)24-19-7-3-2-4-8-19/h5-6,9-14,19H,2-4,7-8,15-16H2,1H3,(H,24,27)(H,25,26). The van der Waals surface area contributed by atoms with Crippen molar-refractivity contribution in [2.75, 3.05) is 5.32 Å². The highest BCUT2D eigenvalue weighted by Gasteiger charge is 2.19. The number of aryl methyl sites for hydroxylation is 2. The molecule has 0 atom stereocenters. The summed E-state index contributed by atoms with van der Waals surface area (Å²) in [5.74, 6) is -0.176. The third kappa shape index (κ3) is 5.68. The Labute approximate surface area is 161 Å². The van der Waals surface area contributed by atoms with E-state index in [1.54, 1.807) is 12.1 Å². The third-order valence-corrected chi connectivity index (χ3v) is 5.15. The smallest absolute Gasteiger partial charge is 0.253 e. The predicted molar refractivity (Wildman–Crippen MR) is 109 cm³/mol. The number of carbonyl (C=O) groups excluding carboxylic acids is 2. The first-order chi connectivity index (χ1) is 13.1. The van der Waals surface area contributed by atoms with Gasteiger partial charge in [0.2, 0.25) is 5.91 Å². The van der Waals surface area contributed by atoms with Crippen molar-refractivity contribution in [1.29, 1.82) is 0 Å². The van der Waals surface area contributed by atoms with Gasteiger partial charge in [0.15, 0.2) is 0 Å². The first-order valence-corrected chi connectivity index (χ1v) is 9.87. The molecule has 4 heteroatoms. The molecule has 0 spiro atoms. The van der Waals surface area contributed by atoms with Crippen molar-refractivity contribution in [3.8, 4) is 0 Å². The minimum absolute atomic E-state index is 0.0755. The van der Waals surface area contributed by atoms with Crippen LogP contribution in [0.2, 0.25) is 0 Å². The van der Waals surface area contributed by atoms with Crippen LogP contribution in [-0.4, -0.2) is 17.9 Å². The molecule has 2 N–H and O–H groups in total. The number of para-hydroxylation sites is 1. The molecule has 0 aliphatic heterocycles. The molecule has 0 heterocycles. The van der Waals surface area contributed by atoms with Crippen LogP contribution in [0, 0.1) is 6.92 Å². The van der Waals surface area contributed by atoms with E-state index < -0.39 is 0 Å².